The minimum absolute atomic E-state index is 0.0281. The molecule has 7 nitrogen and oxygen atoms in total. The number of rotatable bonds is 11. The van der Waals surface area contributed by atoms with Gasteiger partial charge in [0.15, 0.2) is 0 Å². The van der Waals surface area contributed by atoms with Crippen LogP contribution >= 0.6 is 11.6 Å². The topological polar surface area (TPSA) is 86.8 Å². The number of sulfonamides is 1. The lowest BCUT2D eigenvalue weighted by molar-refractivity contribution is -0.139. The van der Waals surface area contributed by atoms with Crippen LogP contribution in [-0.4, -0.2) is 43.8 Å². The van der Waals surface area contributed by atoms with Gasteiger partial charge in [-0.3, -0.25) is 13.9 Å². The van der Waals surface area contributed by atoms with Gasteiger partial charge in [0.2, 0.25) is 11.8 Å². The Bertz CT molecular complexity index is 1350. The normalized spacial score (nSPS) is 12.9. The predicted octanol–water partition coefficient (Wildman–Crippen LogP) is 5.18. The molecule has 0 radical (unpaired) electrons. The molecule has 0 bridgehead atoms. The first-order valence-electron chi connectivity index (χ1n) is 12.5. The summed E-state index contributed by atoms with van der Waals surface area (Å²) in [6.45, 7) is 7.06. The molecule has 2 amide bonds. The van der Waals surface area contributed by atoms with Crippen molar-refractivity contribution in [2.24, 2.45) is 0 Å². The number of para-hydroxylation sites is 1. The first-order chi connectivity index (χ1) is 18.0. The Morgan fingerprint density at radius 1 is 0.921 bits per heavy atom. The highest BCUT2D eigenvalue weighted by atomic mass is 35.5. The molecule has 202 valence electrons. The molecule has 0 aliphatic rings. The van der Waals surface area contributed by atoms with Crippen LogP contribution in [0.3, 0.4) is 0 Å². The summed E-state index contributed by atoms with van der Waals surface area (Å²) in [5.41, 5.74) is 2.06. The van der Waals surface area contributed by atoms with E-state index in [0.717, 1.165) is 21.9 Å². The highest BCUT2D eigenvalue weighted by Crippen LogP contribution is 2.30. The quantitative estimate of drug-likeness (QED) is 0.353. The van der Waals surface area contributed by atoms with Gasteiger partial charge in [-0.05, 0) is 57.0 Å². The summed E-state index contributed by atoms with van der Waals surface area (Å²) in [6.07, 6.45) is 0.736. The van der Waals surface area contributed by atoms with E-state index in [4.69, 9.17) is 11.6 Å². The second kappa shape index (κ2) is 12.9. The Morgan fingerprint density at radius 3 is 2.13 bits per heavy atom. The van der Waals surface area contributed by atoms with Gasteiger partial charge < -0.3 is 10.2 Å². The zero-order valence-corrected chi connectivity index (χ0v) is 23.7. The number of nitrogens with zero attached hydrogens (tertiary/aromatic N) is 2. The Labute approximate surface area is 230 Å². The number of halogens is 1. The van der Waals surface area contributed by atoms with Crippen LogP contribution in [0.25, 0.3) is 0 Å². The lowest BCUT2D eigenvalue weighted by Crippen LogP contribution is -2.52. The van der Waals surface area contributed by atoms with E-state index in [1.54, 1.807) is 49.4 Å². The van der Waals surface area contributed by atoms with Crippen molar-refractivity contribution in [3.63, 3.8) is 0 Å². The van der Waals surface area contributed by atoms with Gasteiger partial charge >= 0.3 is 0 Å². The van der Waals surface area contributed by atoms with E-state index in [-0.39, 0.29) is 34.1 Å². The van der Waals surface area contributed by atoms with Crippen molar-refractivity contribution in [2.75, 3.05) is 10.8 Å². The molecule has 0 aliphatic carbocycles. The average molecular weight is 556 g/mol. The van der Waals surface area contributed by atoms with E-state index < -0.39 is 28.5 Å². The fourth-order valence-corrected chi connectivity index (χ4v) is 5.57. The van der Waals surface area contributed by atoms with Gasteiger partial charge in [0, 0.05) is 12.6 Å². The molecule has 0 spiro atoms. The van der Waals surface area contributed by atoms with E-state index in [9.17, 15) is 18.0 Å². The van der Waals surface area contributed by atoms with Crippen LogP contribution in [0.2, 0.25) is 5.02 Å². The van der Waals surface area contributed by atoms with Crippen molar-refractivity contribution in [2.45, 2.75) is 57.6 Å². The number of carbonyl (C=O) groups is 2. The Hall–Kier alpha value is -3.36. The highest BCUT2D eigenvalue weighted by Gasteiger charge is 2.33. The van der Waals surface area contributed by atoms with E-state index >= 15 is 0 Å². The molecule has 3 rings (SSSR count). The number of anilines is 1. The van der Waals surface area contributed by atoms with Crippen molar-refractivity contribution >= 4 is 39.1 Å². The first-order valence-corrected chi connectivity index (χ1v) is 14.3. The maximum absolute atomic E-state index is 13.9. The Balaban J connectivity index is 2.02. The minimum atomic E-state index is -4.15. The first kappa shape index (κ1) is 29.2. The molecular formula is C29H34ClN3O4S. The summed E-state index contributed by atoms with van der Waals surface area (Å²) in [5, 5.41) is 3.11. The smallest absolute Gasteiger partial charge is 0.264 e. The number of amides is 2. The molecule has 3 aromatic carbocycles. The van der Waals surface area contributed by atoms with Gasteiger partial charge in [-0.1, -0.05) is 78.7 Å². The number of hydrogen-bond acceptors (Lipinski definition) is 4. The van der Waals surface area contributed by atoms with Gasteiger partial charge in [0.05, 0.1) is 15.6 Å². The molecule has 2 atom stereocenters. The molecule has 9 heteroatoms. The van der Waals surface area contributed by atoms with Gasteiger partial charge in [-0.2, -0.15) is 0 Å². The molecule has 1 N–H and O–H groups in total. The highest BCUT2D eigenvalue weighted by molar-refractivity contribution is 7.92. The monoisotopic (exact) mass is 555 g/mol. The van der Waals surface area contributed by atoms with Crippen molar-refractivity contribution < 1.29 is 18.0 Å². The zero-order chi connectivity index (χ0) is 27.9. The third-order valence-electron chi connectivity index (χ3n) is 6.37. The lowest BCUT2D eigenvalue weighted by Gasteiger charge is -2.32. The van der Waals surface area contributed by atoms with E-state index in [1.807, 2.05) is 45.0 Å². The summed E-state index contributed by atoms with van der Waals surface area (Å²) in [5.74, 6) is -0.841. The molecule has 0 aliphatic heterocycles. The van der Waals surface area contributed by atoms with Crippen LogP contribution in [0.1, 0.15) is 38.3 Å². The van der Waals surface area contributed by atoms with Crippen molar-refractivity contribution in [3.8, 4) is 0 Å². The van der Waals surface area contributed by atoms with Gasteiger partial charge in [0.1, 0.15) is 12.6 Å². The van der Waals surface area contributed by atoms with Gasteiger partial charge in [0.25, 0.3) is 10.0 Å². The standard InChI is InChI=1S/C29H34ClN3O4S/c1-5-22(3)31-29(35)23(4)32(19-24-17-15-21(2)16-18-24)28(34)20-33(27-14-10-9-13-26(27)30)38(36,37)25-11-7-6-8-12-25/h6-18,22-23H,5,19-20H2,1-4H3,(H,31,35)/t22-,23-/m1/s1. The van der Waals surface area contributed by atoms with E-state index in [2.05, 4.69) is 5.32 Å². The molecule has 0 saturated heterocycles. The largest absolute Gasteiger partial charge is 0.352 e. The van der Waals surface area contributed by atoms with Crippen LogP contribution in [0, 0.1) is 6.92 Å². The van der Waals surface area contributed by atoms with Crippen molar-refractivity contribution in [1.29, 1.82) is 0 Å². The lowest BCUT2D eigenvalue weighted by atomic mass is 10.1. The SMILES string of the molecule is CC[C@@H](C)NC(=O)[C@@H](C)N(Cc1ccc(C)cc1)C(=O)CN(c1ccccc1Cl)S(=O)(=O)c1ccccc1. The zero-order valence-electron chi connectivity index (χ0n) is 22.1. The number of benzene rings is 3. The number of hydrogen-bond donors (Lipinski definition) is 1. The van der Waals surface area contributed by atoms with Gasteiger partial charge in [-0.15, -0.1) is 0 Å². The van der Waals surface area contributed by atoms with Crippen molar-refractivity contribution in [3.05, 3.63) is 95.0 Å². The third kappa shape index (κ3) is 7.14. The molecule has 0 fully saturated rings. The molecule has 0 saturated carbocycles. The summed E-state index contributed by atoms with van der Waals surface area (Å²) < 4.78 is 28.5. The Morgan fingerprint density at radius 2 is 1.53 bits per heavy atom. The molecule has 38 heavy (non-hydrogen) atoms. The molecule has 0 heterocycles. The van der Waals surface area contributed by atoms with Crippen LogP contribution < -0.4 is 9.62 Å². The summed E-state index contributed by atoms with van der Waals surface area (Å²) in [6, 6.07) is 21.1. The maximum atomic E-state index is 13.9. The van der Waals surface area contributed by atoms with E-state index in [0.29, 0.717) is 0 Å². The average Bonchev–Trinajstić information content (AvgIpc) is 2.91. The molecule has 0 aromatic heterocycles. The van der Waals surface area contributed by atoms with Crippen LogP contribution in [0.15, 0.2) is 83.8 Å². The third-order valence-corrected chi connectivity index (χ3v) is 8.47. The summed E-state index contributed by atoms with van der Waals surface area (Å²) in [7, 11) is -4.15. The summed E-state index contributed by atoms with van der Waals surface area (Å²) in [4.78, 5) is 28.4. The van der Waals surface area contributed by atoms with E-state index in [1.165, 1.54) is 17.0 Å². The molecule has 3 aromatic rings. The number of nitrogens with one attached hydrogen (secondary N) is 1. The maximum Gasteiger partial charge on any atom is 0.264 e. The second-order valence-electron chi connectivity index (χ2n) is 9.28. The minimum Gasteiger partial charge on any atom is -0.352 e. The molecule has 0 unspecified atom stereocenters. The second-order valence-corrected chi connectivity index (χ2v) is 11.5. The number of aryl methyl sites for hydroxylation is 1. The number of carbonyl (C=O) groups excluding carboxylic acids is 2. The molecular weight excluding hydrogens is 522 g/mol. The van der Waals surface area contributed by atoms with Crippen LogP contribution in [0.5, 0.6) is 0 Å². The Kier molecular flexibility index (Phi) is 9.94. The fraction of sp³-hybridized carbons (Fsp3) is 0.310. The van der Waals surface area contributed by atoms with Crippen LogP contribution in [0.4, 0.5) is 5.69 Å². The predicted molar refractivity (Wildman–Crippen MR) is 152 cm³/mol. The van der Waals surface area contributed by atoms with Crippen LogP contribution in [-0.2, 0) is 26.2 Å². The van der Waals surface area contributed by atoms with Crippen molar-refractivity contribution in [1.82, 2.24) is 10.2 Å². The summed E-state index contributed by atoms with van der Waals surface area (Å²) >= 11 is 6.41. The fourth-order valence-electron chi connectivity index (χ4n) is 3.83. The van der Waals surface area contributed by atoms with Gasteiger partial charge in [-0.25, -0.2) is 8.42 Å².